The quantitative estimate of drug-likeness (QED) is 0.283. The van der Waals surface area contributed by atoms with Gasteiger partial charge in [-0.05, 0) is 50.0 Å². The first-order chi connectivity index (χ1) is 15.7. The van der Waals surface area contributed by atoms with E-state index in [0.717, 1.165) is 48.7 Å². The number of benzene rings is 6. The standard InChI is InChI=1S/C30H20O2/c1-2-18-17-22-14-12-20-8-4-6-10-24(20)28(22)30(32)26(18)25-16-15-21-13-11-19-7-3-5-9-23(19)27(21)29(25)31/h2-17,31-32H,1H2. The van der Waals surface area contributed by atoms with Crippen molar-refractivity contribution in [2.75, 3.05) is 0 Å². The van der Waals surface area contributed by atoms with Crippen LogP contribution < -0.4 is 0 Å². The van der Waals surface area contributed by atoms with E-state index < -0.39 is 0 Å². The lowest BCUT2D eigenvalue weighted by atomic mass is 9.89. The zero-order valence-corrected chi connectivity index (χ0v) is 17.3. The summed E-state index contributed by atoms with van der Waals surface area (Å²) in [6, 6.07) is 30.1. The molecule has 0 heterocycles. The Hall–Kier alpha value is -4.30. The van der Waals surface area contributed by atoms with Crippen LogP contribution in [0.1, 0.15) is 5.56 Å². The van der Waals surface area contributed by atoms with Crippen molar-refractivity contribution in [1.29, 1.82) is 0 Å². The lowest BCUT2D eigenvalue weighted by molar-refractivity contribution is 0.476. The van der Waals surface area contributed by atoms with E-state index in [9.17, 15) is 10.2 Å². The number of hydrogen-bond donors (Lipinski definition) is 2. The van der Waals surface area contributed by atoms with Gasteiger partial charge in [0.15, 0.2) is 0 Å². The molecule has 6 aromatic rings. The topological polar surface area (TPSA) is 40.5 Å². The zero-order chi connectivity index (χ0) is 21.8. The summed E-state index contributed by atoms with van der Waals surface area (Å²) in [4.78, 5) is 0. The first-order valence-electron chi connectivity index (χ1n) is 10.6. The molecule has 0 aliphatic rings. The van der Waals surface area contributed by atoms with Crippen LogP contribution in [-0.2, 0) is 0 Å². The summed E-state index contributed by atoms with van der Waals surface area (Å²) in [6.45, 7) is 3.98. The van der Waals surface area contributed by atoms with Gasteiger partial charge in [-0.2, -0.15) is 0 Å². The van der Waals surface area contributed by atoms with Gasteiger partial charge in [-0.15, -0.1) is 0 Å². The Morgan fingerprint density at radius 3 is 1.75 bits per heavy atom. The van der Waals surface area contributed by atoms with Crippen molar-refractivity contribution >= 4 is 49.2 Å². The highest BCUT2D eigenvalue weighted by atomic mass is 16.3. The van der Waals surface area contributed by atoms with Crippen molar-refractivity contribution in [3.63, 3.8) is 0 Å². The Balaban J connectivity index is 1.77. The molecule has 6 aromatic carbocycles. The van der Waals surface area contributed by atoms with Gasteiger partial charge in [0, 0.05) is 21.9 Å². The highest BCUT2D eigenvalue weighted by molar-refractivity contribution is 6.16. The monoisotopic (exact) mass is 412 g/mol. The van der Waals surface area contributed by atoms with Crippen LogP contribution in [0.2, 0.25) is 0 Å². The Bertz CT molecular complexity index is 1710. The maximum absolute atomic E-state index is 11.6. The van der Waals surface area contributed by atoms with Crippen molar-refractivity contribution in [2.24, 2.45) is 0 Å². The molecule has 0 fully saturated rings. The Kier molecular flexibility index (Phi) is 3.96. The van der Waals surface area contributed by atoms with Crippen LogP contribution in [0.3, 0.4) is 0 Å². The third kappa shape index (κ3) is 2.53. The van der Waals surface area contributed by atoms with Gasteiger partial charge in [0.25, 0.3) is 0 Å². The van der Waals surface area contributed by atoms with E-state index in [0.29, 0.717) is 11.1 Å². The predicted octanol–water partition coefficient (Wildman–Crippen LogP) is 8.02. The first kappa shape index (κ1) is 18.5. The molecule has 0 aliphatic carbocycles. The van der Waals surface area contributed by atoms with Gasteiger partial charge in [0.1, 0.15) is 11.5 Å². The molecule has 0 saturated carbocycles. The summed E-state index contributed by atoms with van der Waals surface area (Å²) < 4.78 is 0. The summed E-state index contributed by atoms with van der Waals surface area (Å²) in [5.74, 6) is 0.321. The average Bonchev–Trinajstić information content (AvgIpc) is 2.84. The highest BCUT2D eigenvalue weighted by Crippen LogP contribution is 2.47. The molecular formula is C30H20O2. The van der Waals surface area contributed by atoms with Crippen LogP contribution in [0.5, 0.6) is 11.5 Å². The van der Waals surface area contributed by atoms with E-state index in [1.165, 1.54) is 0 Å². The molecule has 0 spiro atoms. The van der Waals surface area contributed by atoms with Gasteiger partial charge < -0.3 is 10.2 Å². The van der Waals surface area contributed by atoms with E-state index in [-0.39, 0.29) is 11.5 Å². The summed E-state index contributed by atoms with van der Waals surface area (Å²) in [7, 11) is 0. The van der Waals surface area contributed by atoms with Crippen LogP contribution in [0.25, 0.3) is 60.3 Å². The minimum absolute atomic E-state index is 0.157. The van der Waals surface area contributed by atoms with Gasteiger partial charge in [-0.1, -0.05) is 91.5 Å². The van der Waals surface area contributed by atoms with Crippen LogP contribution >= 0.6 is 0 Å². The molecule has 0 radical (unpaired) electrons. The van der Waals surface area contributed by atoms with E-state index in [1.54, 1.807) is 6.08 Å². The molecule has 0 saturated heterocycles. The average molecular weight is 412 g/mol. The number of fused-ring (bicyclic) bond motifs is 6. The van der Waals surface area contributed by atoms with E-state index in [1.807, 2.05) is 78.9 Å². The molecule has 0 unspecified atom stereocenters. The third-order valence-corrected chi connectivity index (χ3v) is 6.41. The second kappa shape index (κ2) is 6.86. The largest absolute Gasteiger partial charge is 0.507 e. The van der Waals surface area contributed by atoms with Crippen molar-refractivity contribution in [2.45, 2.75) is 0 Å². The van der Waals surface area contributed by atoms with Crippen LogP contribution in [0.4, 0.5) is 0 Å². The fraction of sp³-hybridized carbons (Fsp3) is 0. The minimum Gasteiger partial charge on any atom is -0.507 e. The molecule has 2 nitrogen and oxygen atoms in total. The Labute approximate surface area is 185 Å². The third-order valence-electron chi connectivity index (χ3n) is 6.41. The van der Waals surface area contributed by atoms with Crippen molar-refractivity contribution < 1.29 is 10.2 Å². The summed E-state index contributed by atoms with van der Waals surface area (Å²) in [5, 5.41) is 30.6. The lowest BCUT2D eigenvalue weighted by Gasteiger charge is -2.17. The van der Waals surface area contributed by atoms with E-state index >= 15 is 0 Å². The molecule has 2 N–H and O–H groups in total. The summed E-state index contributed by atoms with van der Waals surface area (Å²) >= 11 is 0. The number of aromatic hydroxyl groups is 2. The van der Waals surface area contributed by atoms with Gasteiger partial charge in [0.05, 0.1) is 0 Å². The Morgan fingerprint density at radius 1 is 0.562 bits per heavy atom. The number of rotatable bonds is 2. The molecule has 2 heteroatoms. The molecule has 0 bridgehead atoms. The first-order valence-corrected chi connectivity index (χ1v) is 10.6. The molecule has 32 heavy (non-hydrogen) atoms. The van der Waals surface area contributed by atoms with Crippen LogP contribution in [-0.4, -0.2) is 10.2 Å². The fourth-order valence-corrected chi connectivity index (χ4v) is 4.90. The number of phenols is 2. The van der Waals surface area contributed by atoms with Crippen LogP contribution in [0.15, 0.2) is 97.6 Å². The van der Waals surface area contributed by atoms with Crippen LogP contribution in [0, 0.1) is 0 Å². The molecule has 152 valence electrons. The molecule has 0 atom stereocenters. The Morgan fingerprint density at radius 2 is 1.09 bits per heavy atom. The number of phenolic OH excluding ortho intramolecular Hbond substituents is 2. The van der Waals surface area contributed by atoms with Gasteiger partial charge in [-0.25, -0.2) is 0 Å². The zero-order valence-electron chi connectivity index (χ0n) is 17.3. The molecular weight excluding hydrogens is 392 g/mol. The smallest absolute Gasteiger partial charge is 0.132 e. The molecule has 6 rings (SSSR count). The van der Waals surface area contributed by atoms with Gasteiger partial charge in [0.2, 0.25) is 0 Å². The number of hydrogen-bond acceptors (Lipinski definition) is 2. The SMILES string of the molecule is C=Cc1cc2ccc3ccccc3c2c(O)c1-c1ccc2ccc3ccccc3c2c1O. The maximum Gasteiger partial charge on any atom is 0.132 e. The summed E-state index contributed by atoms with van der Waals surface area (Å²) in [5.41, 5.74) is 1.97. The normalized spacial score (nSPS) is 11.5. The minimum atomic E-state index is 0.157. The highest BCUT2D eigenvalue weighted by Gasteiger charge is 2.20. The van der Waals surface area contributed by atoms with Gasteiger partial charge >= 0.3 is 0 Å². The second-order valence-corrected chi connectivity index (χ2v) is 8.12. The fourth-order valence-electron chi connectivity index (χ4n) is 4.90. The second-order valence-electron chi connectivity index (χ2n) is 8.12. The maximum atomic E-state index is 11.6. The summed E-state index contributed by atoms with van der Waals surface area (Å²) in [6.07, 6.45) is 1.73. The van der Waals surface area contributed by atoms with Crippen molar-refractivity contribution in [3.8, 4) is 22.6 Å². The van der Waals surface area contributed by atoms with E-state index in [2.05, 4.69) is 18.7 Å². The predicted molar refractivity (Wildman–Crippen MR) is 135 cm³/mol. The van der Waals surface area contributed by atoms with Gasteiger partial charge in [-0.3, -0.25) is 0 Å². The molecule has 0 aliphatic heterocycles. The molecule has 0 amide bonds. The molecule has 0 aromatic heterocycles. The lowest BCUT2D eigenvalue weighted by Crippen LogP contribution is -1.90. The van der Waals surface area contributed by atoms with Crippen molar-refractivity contribution in [3.05, 3.63) is 103 Å². The van der Waals surface area contributed by atoms with E-state index in [4.69, 9.17) is 0 Å². The van der Waals surface area contributed by atoms with Crippen molar-refractivity contribution in [1.82, 2.24) is 0 Å².